The zero-order valence-corrected chi connectivity index (χ0v) is 23.8. The van der Waals surface area contributed by atoms with Crippen LogP contribution in [-0.2, 0) is 15.0 Å². The van der Waals surface area contributed by atoms with E-state index in [1.54, 1.807) is 12.1 Å². The van der Waals surface area contributed by atoms with Gasteiger partial charge in [0.1, 0.15) is 17.2 Å². The molecular formula is C32H36F4N4O2. The fourth-order valence-electron chi connectivity index (χ4n) is 5.58. The van der Waals surface area contributed by atoms with Crippen molar-refractivity contribution < 1.29 is 27.2 Å². The number of alkyl halides is 4. The van der Waals surface area contributed by atoms with E-state index in [4.69, 9.17) is 0 Å². The zero-order valence-electron chi connectivity index (χ0n) is 23.8. The second-order valence-corrected chi connectivity index (χ2v) is 12.7. The minimum atomic E-state index is -4.77. The highest BCUT2D eigenvalue weighted by molar-refractivity contribution is 5.90. The van der Waals surface area contributed by atoms with Crippen LogP contribution in [0.5, 0.6) is 0 Å². The van der Waals surface area contributed by atoms with Crippen LogP contribution in [-0.4, -0.2) is 41.3 Å². The second-order valence-electron chi connectivity index (χ2n) is 12.7. The summed E-state index contributed by atoms with van der Waals surface area (Å²) in [5.74, 6) is -0.761. The van der Waals surface area contributed by atoms with Crippen LogP contribution >= 0.6 is 0 Å². The fraction of sp³-hybridized carbons (Fsp3) is 0.531. The van der Waals surface area contributed by atoms with Gasteiger partial charge in [-0.25, -0.2) is 4.39 Å². The van der Waals surface area contributed by atoms with Crippen LogP contribution < -0.4 is 16.0 Å². The van der Waals surface area contributed by atoms with Gasteiger partial charge >= 0.3 is 6.18 Å². The molecule has 6 nitrogen and oxygen atoms in total. The molecule has 42 heavy (non-hydrogen) atoms. The van der Waals surface area contributed by atoms with E-state index in [1.807, 2.05) is 30.3 Å². The summed E-state index contributed by atoms with van der Waals surface area (Å²) in [6.07, 6.45) is 0.144. The van der Waals surface area contributed by atoms with E-state index in [0.717, 1.165) is 43.2 Å². The molecule has 5 rings (SSSR count). The number of halogens is 4. The molecule has 2 aromatic rings. The molecule has 3 fully saturated rings. The molecule has 0 spiro atoms. The molecule has 2 aromatic carbocycles. The first-order chi connectivity index (χ1) is 19.7. The van der Waals surface area contributed by atoms with Gasteiger partial charge in [0, 0.05) is 12.5 Å². The topological polar surface area (TPSA) is 94.0 Å². The number of nitrogens with one attached hydrogen (secondary N) is 3. The highest BCUT2D eigenvalue weighted by Gasteiger charge is 2.49. The molecule has 224 valence electrons. The number of benzene rings is 2. The Morgan fingerprint density at radius 2 is 1.52 bits per heavy atom. The monoisotopic (exact) mass is 584 g/mol. The lowest BCUT2D eigenvalue weighted by Crippen LogP contribution is -2.53. The molecule has 0 heterocycles. The summed E-state index contributed by atoms with van der Waals surface area (Å²) in [5, 5.41) is 17.3. The van der Waals surface area contributed by atoms with Crippen LogP contribution in [0.3, 0.4) is 0 Å². The SMILES string of the molecule is CC(C)(F)C[C@H](N[C@@H](c1ccc(-c2ccc(C3(C(=O)NC4CC4)CCC3)cc2)cc1)C(F)(F)F)C(=O)NC1(C#N)CC1. The molecule has 3 saturated carbocycles. The Hall–Kier alpha value is -3.45. The maximum atomic E-state index is 14.6. The van der Waals surface area contributed by atoms with Crippen molar-refractivity contribution in [1.82, 2.24) is 16.0 Å². The van der Waals surface area contributed by atoms with Crippen LogP contribution in [0.2, 0.25) is 0 Å². The van der Waals surface area contributed by atoms with E-state index in [0.29, 0.717) is 18.4 Å². The van der Waals surface area contributed by atoms with Gasteiger partial charge in [-0.15, -0.1) is 0 Å². The molecule has 3 aliphatic carbocycles. The van der Waals surface area contributed by atoms with E-state index in [2.05, 4.69) is 16.0 Å². The van der Waals surface area contributed by atoms with Crippen molar-refractivity contribution in [2.45, 2.75) is 106 Å². The summed E-state index contributed by atoms with van der Waals surface area (Å²) in [7, 11) is 0. The maximum Gasteiger partial charge on any atom is 0.407 e. The Morgan fingerprint density at radius 3 is 1.95 bits per heavy atom. The normalized spacial score (nSPS) is 20.4. The zero-order chi connectivity index (χ0) is 30.3. The third-order valence-corrected chi connectivity index (χ3v) is 8.60. The molecule has 0 saturated heterocycles. The van der Waals surface area contributed by atoms with Crippen molar-refractivity contribution in [3.05, 3.63) is 59.7 Å². The number of nitriles is 1. The number of hydrogen-bond acceptors (Lipinski definition) is 4. The van der Waals surface area contributed by atoms with Gasteiger partial charge in [0.05, 0.1) is 17.5 Å². The van der Waals surface area contributed by atoms with Crippen molar-refractivity contribution in [3.63, 3.8) is 0 Å². The lowest BCUT2D eigenvalue weighted by atomic mass is 9.63. The largest absolute Gasteiger partial charge is 0.407 e. The third-order valence-electron chi connectivity index (χ3n) is 8.60. The summed E-state index contributed by atoms with van der Waals surface area (Å²) in [6, 6.07) is 12.0. The molecule has 10 heteroatoms. The van der Waals surface area contributed by atoms with Crippen LogP contribution in [0.25, 0.3) is 11.1 Å². The predicted octanol–water partition coefficient (Wildman–Crippen LogP) is 5.93. The molecule has 3 aliphatic rings. The lowest BCUT2D eigenvalue weighted by molar-refractivity contribution is -0.161. The smallest absolute Gasteiger partial charge is 0.353 e. The van der Waals surface area contributed by atoms with Gasteiger partial charge in [0.15, 0.2) is 0 Å². The molecule has 2 atom stereocenters. The van der Waals surface area contributed by atoms with Crippen molar-refractivity contribution >= 4 is 11.8 Å². The van der Waals surface area contributed by atoms with Crippen molar-refractivity contribution in [1.29, 1.82) is 5.26 Å². The third kappa shape index (κ3) is 6.62. The Kier molecular flexibility index (Phi) is 7.86. The number of carbonyl (C=O) groups is 2. The molecule has 0 radical (unpaired) electrons. The van der Waals surface area contributed by atoms with Crippen LogP contribution in [0, 0.1) is 11.3 Å². The van der Waals surface area contributed by atoms with E-state index in [9.17, 15) is 32.4 Å². The molecule has 2 amide bonds. The number of hydrogen-bond donors (Lipinski definition) is 3. The number of carbonyl (C=O) groups excluding carboxylic acids is 2. The number of nitrogens with zero attached hydrogens (tertiary/aromatic N) is 1. The maximum absolute atomic E-state index is 14.6. The summed E-state index contributed by atoms with van der Waals surface area (Å²) in [6.45, 7) is 2.39. The lowest BCUT2D eigenvalue weighted by Gasteiger charge is -2.41. The fourth-order valence-corrected chi connectivity index (χ4v) is 5.58. The highest BCUT2D eigenvalue weighted by Crippen LogP contribution is 2.45. The molecule has 0 unspecified atom stereocenters. The molecule has 0 aromatic heterocycles. The average Bonchev–Trinajstić information content (AvgIpc) is 3.83. The predicted molar refractivity (Wildman–Crippen MR) is 150 cm³/mol. The second kappa shape index (κ2) is 11.0. The van der Waals surface area contributed by atoms with Gasteiger partial charge in [-0.2, -0.15) is 18.4 Å². The van der Waals surface area contributed by atoms with Gasteiger partial charge in [0.2, 0.25) is 11.8 Å². The Morgan fingerprint density at radius 1 is 0.952 bits per heavy atom. The number of amides is 2. The van der Waals surface area contributed by atoms with E-state index >= 15 is 0 Å². The Bertz CT molecular complexity index is 1350. The minimum Gasteiger partial charge on any atom is -0.353 e. The molecule has 0 bridgehead atoms. The van der Waals surface area contributed by atoms with Gasteiger partial charge in [-0.1, -0.05) is 55.0 Å². The van der Waals surface area contributed by atoms with Crippen LogP contribution in [0.15, 0.2) is 48.5 Å². The summed E-state index contributed by atoms with van der Waals surface area (Å²) in [4.78, 5) is 25.9. The van der Waals surface area contributed by atoms with Gasteiger partial charge in [-0.3, -0.25) is 14.9 Å². The Balaban J connectivity index is 1.33. The number of rotatable bonds is 11. The highest BCUT2D eigenvalue weighted by atomic mass is 19.4. The van der Waals surface area contributed by atoms with Crippen molar-refractivity contribution in [2.75, 3.05) is 0 Å². The average molecular weight is 585 g/mol. The Labute approximate surface area is 243 Å². The van der Waals surface area contributed by atoms with Gasteiger partial charge < -0.3 is 10.6 Å². The standard InChI is InChI=1S/C32H36F4N4O2/c1-29(2,33)18-25(27(41)40-30(19-37)16-17-30)39-26(32(34,35)36)22-6-4-20(5-7-22)21-8-10-23(11-9-21)31(14-3-15-31)28(42)38-24-12-13-24/h4-11,24-26,39H,3,12-18H2,1-2H3,(H,38,42)(H,40,41)/t25-,26-/m0/s1. The summed E-state index contributed by atoms with van der Waals surface area (Å²) >= 11 is 0. The van der Waals surface area contributed by atoms with E-state index in [-0.39, 0.29) is 17.5 Å². The van der Waals surface area contributed by atoms with Crippen molar-refractivity contribution in [3.8, 4) is 17.2 Å². The molecular weight excluding hydrogens is 548 g/mol. The molecule has 3 N–H and O–H groups in total. The van der Waals surface area contributed by atoms with Gasteiger partial charge in [-0.05, 0) is 74.6 Å². The first-order valence-corrected chi connectivity index (χ1v) is 14.5. The molecule has 0 aliphatic heterocycles. The van der Waals surface area contributed by atoms with E-state index < -0.39 is 47.2 Å². The minimum absolute atomic E-state index is 0.0714. The van der Waals surface area contributed by atoms with E-state index in [1.165, 1.54) is 26.0 Å². The van der Waals surface area contributed by atoms with Crippen LogP contribution in [0.1, 0.15) is 82.4 Å². The van der Waals surface area contributed by atoms with Crippen molar-refractivity contribution in [2.24, 2.45) is 0 Å². The quantitative estimate of drug-likeness (QED) is 0.286. The summed E-state index contributed by atoms with van der Waals surface area (Å²) < 4.78 is 57.4. The van der Waals surface area contributed by atoms with Gasteiger partial charge in [0.25, 0.3) is 0 Å². The first kappa shape index (κ1) is 30.0. The van der Waals surface area contributed by atoms with Crippen LogP contribution in [0.4, 0.5) is 17.6 Å². The summed E-state index contributed by atoms with van der Waals surface area (Å²) in [5.41, 5.74) is -1.23. The first-order valence-electron chi connectivity index (χ1n) is 14.5.